The van der Waals surface area contributed by atoms with Gasteiger partial charge >= 0.3 is 0 Å². The predicted molar refractivity (Wildman–Crippen MR) is 136 cm³/mol. The Morgan fingerprint density at radius 2 is 1.80 bits per heavy atom. The molecular weight excluding hydrogens is 468 g/mol. The van der Waals surface area contributed by atoms with E-state index in [1.54, 1.807) is 54.6 Å². The molecule has 2 aromatic carbocycles. The fourth-order valence-electron chi connectivity index (χ4n) is 3.51. The molecule has 0 atom stereocenters. The van der Waals surface area contributed by atoms with Gasteiger partial charge in [-0.2, -0.15) is 0 Å². The van der Waals surface area contributed by atoms with E-state index < -0.39 is 10.0 Å². The van der Waals surface area contributed by atoms with Gasteiger partial charge in [0.1, 0.15) is 16.5 Å². The van der Waals surface area contributed by atoms with Crippen LogP contribution >= 0.6 is 0 Å². The van der Waals surface area contributed by atoms with Gasteiger partial charge in [0, 0.05) is 24.0 Å². The molecule has 0 fully saturated rings. The number of rotatable bonds is 8. The Bertz CT molecular complexity index is 1550. The first kappa shape index (κ1) is 23.9. The largest absolute Gasteiger partial charge is 0.352 e. The van der Waals surface area contributed by atoms with Crippen molar-refractivity contribution in [1.82, 2.24) is 15.3 Å². The number of nitrogens with two attached hydrogens (primary N) is 1. The molecule has 0 radical (unpaired) electrons. The van der Waals surface area contributed by atoms with Gasteiger partial charge in [-0.15, -0.1) is 0 Å². The van der Waals surface area contributed by atoms with E-state index in [1.165, 1.54) is 12.3 Å². The van der Waals surface area contributed by atoms with Crippen LogP contribution in [0.3, 0.4) is 0 Å². The summed E-state index contributed by atoms with van der Waals surface area (Å²) in [5.41, 5.74) is 1.02. The molecule has 11 heteroatoms. The number of aromatic amines is 1. The highest BCUT2D eigenvalue weighted by Gasteiger charge is 2.16. The van der Waals surface area contributed by atoms with E-state index >= 15 is 0 Å². The van der Waals surface area contributed by atoms with Crippen molar-refractivity contribution in [3.63, 3.8) is 0 Å². The number of benzene rings is 2. The number of anilines is 4. The number of pyridine rings is 2. The normalized spacial score (nSPS) is 11.3. The van der Waals surface area contributed by atoms with Gasteiger partial charge in [-0.05, 0) is 60.3 Å². The first-order chi connectivity index (χ1) is 16.8. The van der Waals surface area contributed by atoms with Crippen LogP contribution in [0, 0.1) is 0 Å². The number of H-pyrrole nitrogens is 1. The van der Waals surface area contributed by atoms with Crippen LogP contribution in [0.5, 0.6) is 0 Å². The summed E-state index contributed by atoms with van der Waals surface area (Å²) in [6.07, 6.45) is 2.35. The molecule has 0 aliphatic carbocycles. The van der Waals surface area contributed by atoms with Crippen molar-refractivity contribution < 1.29 is 13.2 Å². The molecule has 4 aromatic rings. The third kappa shape index (κ3) is 5.48. The number of hydrogen-bond acceptors (Lipinski definition) is 7. The average Bonchev–Trinajstić information content (AvgIpc) is 2.82. The molecule has 0 saturated heterocycles. The van der Waals surface area contributed by atoms with Crippen LogP contribution in [0.1, 0.15) is 23.7 Å². The number of primary sulfonamides is 1. The summed E-state index contributed by atoms with van der Waals surface area (Å²) < 4.78 is 23.9. The van der Waals surface area contributed by atoms with E-state index in [1.807, 2.05) is 6.92 Å². The third-order valence-corrected chi connectivity index (χ3v) is 6.13. The Kier molecular flexibility index (Phi) is 6.80. The first-order valence-corrected chi connectivity index (χ1v) is 12.4. The second kappa shape index (κ2) is 9.95. The van der Waals surface area contributed by atoms with Crippen LogP contribution < -0.4 is 26.6 Å². The minimum Gasteiger partial charge on any atom is -0.352 e. The molecule has 6 N–H and O–H groups in total. The zero-order chi connectivity index (χ0) is 25.0. The van der Waals surface area contributed by atoms with Gasteiger partial charge in [-0.3, -0.25) is 9.59 Å². The number of amides is 1. The smallest absolute Gasteiger partial charge is 0.259 e. The van der Waals surface area contributed by atoms with Crippen LogP contribution in [0.25, 0.3) is 10.8 Å². The van der Waals surface area contributed by atoms with E-state index in [4.69, 9.17) is 5.14 Å². The minimum atomic E-state index is -3.97. The highest BCUT2D eigenvalue weighted by atomic mass is 32.2. The number of sulfonamides is 1. The molecular formula is C24H24N6O4S. The lowest BCUT2D eigenvalue weighted by atomic mass is 10.1. The molecule has 0 aliphatic heterocycles. The summed E-state index contributed by atoms with van der Waals surface area (Å²) in [6, 6.07) is 16.3. The number of aromatic nitrogens is 2. The van der Waals surface area contributed by atoms with Crippen molar-refractivity contribution in [3.8, 4) is 0 Å². The molecule has 0 saturated carbocycles. The number of carbonyl (C=O) groups excluding carboxylic acids is 1. The summed E-state index contributed by atoms with van der Waals surface area (Å²) in [7, 11) is -3.97. The molecule has 180 valence electrons. The van der Waals surface area contributed by atoms with Gasteiger partial charge in [0.05, 0.1) is 11.1 Å². The van der Waals surface area contributed by atoms with Crippen molar-refractivity contribution >= 4 is 49.7 Å². The highest BCUT2D eigenvalue weighted by molar-refractivity contribution is 7.89. The molecule has 0 unspecified atom stereocenters. The maximum absolute atomic E-state index is 12.6. The van der Waals surface area contributed by atoms with Gasteiger partial charge in [0.15, 0.2) is 0 Å². The van der Waals surface area contributed by atoms with Crippen molar-refractivity contribution in [2.75, 3.05) is 17.2 Å². The predicted octanol–water partition coefficient (Wildman–Crippen LogP) is 3.20. The van der Waals surface area contributed by atoms with Crippen molar-refractivity contribution in [3.05, 3.63) is 82.8 Å². The molecule has 35 heavy (non-hydrogen) atoms. The zero-order valence-electron chi connectivity index (χ0n) is 18.8. The van der Waals surface area contributed by atoms with Gasteiger partial charge < -0.3 is 20.9 Å². The van der Waals surface area contributed by atoms with Crippen LogP contribution in [-0.2, 0) is 10.0 Å². The lowest BCUT2D eigenvalue weighted by Crippen LogP contribution is -2.23. The topological polar surface area (TPSA) is 159 Å². The number of hydrogen-bond donors (Lipinski definition) is 5. The number of para-hydroxylation sites is 1. The Balaban J connectivity index is 1.71. The fourth-order valence-corrected chi connectivity index (χ4v) is 4.20. The summed E-state index contributed by atoms with van der Waals surface area (Å²) >= 11 is 0. The van der Waals surface area contributed by atoms with Gasteiger partial charge in [-0.1, -0.05) is 19.1 Å². The van der Waals surface area contributed by atoms with E-state index in [9.17, 15) is 18.0 Å². The summed E-state index contributed by atoms with van der Waals surface area (Å²) in [5.74, 6) is 0.388. The molecule has 2 aromatic heterocycles. The SMILES string of the molecule is CCCNC(=O)c1ccc(Nc2nc(Nc3ccccc3S(N)(=O)=O)cc3cc[nH]c(=O)c23)cc1. The maximum atomic E-state index is 12.6. The fraction of sp³-hybridized carbons (Fsp3) is 0.125. The zero-order valence-corrected chi connectivity index (χ0v) is 19.6. The Hall–Kier alpha value is -4.22. The molecule has 0 aliphatic rings. The second-order valence-electron chi connectivity index (χ2n) is 7.75. The van der Waals surface area contributed by atoms with Crippen LogP contribution in [0.4, 0.5) is 23.0 Å². The van der Waals surface area contributed by atoms with Crippen LogP contribution in [0.15, 0.2) is 76.6 Å². The molecule has 1 amide bonds. The van der Waals surface area contributed by atoms with E-state index in [0.29, 0.717) is 34.4 Å². The molecule has 0 spiro atoms. The van der Waals surface area contributed by atoms with Gasteiger partial charge in [0.2, 0.25) is 10.0 Å². The quantitative estimate of drug-likeness (QED) is 0.252. The Morgan fingerprint density at radius 3 is 2.51 bits per heavy atom. The van der Waals surface area contributed by atoms with Crippen molar-refractivity contribution in [1.29, 1.82) is 0 Å². The average molecular weight is 493 g/mol. The molecule has 0 bridgehead atoms. The highest BCUT2D eigenvalue weighted by Crippen LogP contribution is 2.28. The lowest BCUT2D eigenvalue weighted by molar-refractivity contribution is 0.0953. The van der Waals surface area contributed by atoms with Gasteiger partial charge in [0.25, 0.3) is 11.5 Å². The number of carbonyl (C=O) groups is 1. The molecule has 4 rings (SSSR count). The Labute approximate surface area is 201 Å². The van der Waals surface area contributed by atoms with E-state index in [2.05, 4.69) is 25.9 Å². The minimum absolute atomic E-state index is 0.0840. The van der Waals surface area contributed by atoms with E-state index in [-0.39, 0.29) is 27.9 Å². The summed E-state index contributed by atoms with van der Waals surface area (Å²) in [6.45, 7) is 2.56. The standard InChI is InChI=1S/C24H24N6O4S/c1-2-12-26-23(31)15-7-9-17(10-8-15)28-22-21-16(11-13-27-24(21)32)14-20(30-22)29-18-5-3-4-6-19(18)35(25,33)34/h3-11,13-14H,2,12H2,1H3,(H,26,31)(H,27,32)(H2,25,33,34)(H2,28,29,30). The lowest BCUT2D eigenvalue weighted by Gasteiger charge is -2.14. The first-order valence-electron chi connectivity index (χ1n) is 10.8. The van der Waals surface area contributed by atoms with Crippen LogP contribution in [0.2, 0.25) is 0 Å². The second-order valence-corrected chi connectivity index (χ2v) is 9.28. The Morgan fingerprint density at radius 1 is 1.06 bits per heavy atom. The van der Waals surface area contributed by atoms with Crippen molar-refractivity contribution in [2.24, 2.45) is 5.14 Å². The monoisotopic (exact) mass is 492 g/mol. The molecule has 10 nitrogen and oxygen atoms in total. The summed E-state index contributed by atoms with van der Waals surface area (Å²) in [4.78, 5) is 31.8. The number of nitrogens with one attached hydrogen (secondary N) is 4. The third-order valence-electron chi connectivity index (χ3n) is 5.16. The van der Waals surface area contributed by atoms with E-state index in [0.717, 1.165) is 6.42 Å². The van der Waals surface area contributed by atoms with Crippen LogP contribution in [-0.4, -0.2) is 30.8 Å². The molecule has 2 heterocycles. The summed E-state index contributed by atoms with van der Waals surface area (Å²) in [5, 5.41) is 15.2. The number of nitrogens with zero attached hydrogens (tertiary/aromatic N) is 1. The maximum Gasteiger partial charge on any atom is 0.259 e. The number of fused-ring (bicyclic) bond motifs is 1. The van der Waals surface area contributed by atoms with Crippen molar-refractivity contribution in [2.45, 2.75) is 18.2 Å². The van der Waals surface area contributed by atoms with Gasteiger partial charge in [-0.25, -0.2) is 18.5 Å².